The molecular formula is C13H13ClN2OS. The number of nitrogens with zero attached hydrogens (tertiary/aromatic N) is 1. The molecule has 0 saturated heterocycles. The number of fused-ring (bicyclic) bond motifs is 1. The minimum absolute atomic E-state index is 0.344. The fourth-order valence-corrected chi connectivity index (χ4v) is 3.42. The van der Waals surface area contributed by atoms with Gasteiger partial charge in [-0.2, -0.15) is 0 Å². The molecule has 0 fully saturated rings. The average Bonchev–Trinajstić information content (AvgIpc) is 2.89. The fourth-order valence-electron chi connectivity index (χ4n) is 2.13. The molecule has 0 aliphatic carbocycles. The molecule has 0 bridgehead atoms. The van der Waals surface area contributed by atoms with Crippen LogP contribution in [0.2, 0.25) is 5.02 Å². The Labute approximate surface area is 115 Å². The third kappa shape index (κ3) is 2.55. The first kappa shape index (κ1) is 12.1. The van der Waals surface area contributed by atoms with E-state index in [0.717, 1.165) is 29.4 Å². The monoisotopic (exact) mass is 280 g/mol. The van der Waals surface area contributed by atoms with Crippen molar-refractivity contribution in [3.05, 3.63) is 46.8 Å². The molecule has 1 atom stereocenters. The number of aromatic nitrogens is 1. The Kier molecular flexibility index (Phi) is 3.59. The van der Waals surface area contributed by atoms with Crippen LogP contribution < -0.4 is 5.32 Å². The molecule has 5 heteroatoms. The Bertz CT molecular complexity index is 530. The normalized spacial score (nSPS) is 18.6. The molecule has 2 heterocycles. The van der Waals surface area contributed by atoms with Gasteiger partial charge in [-0.3, -0.25) is 0 Å². The second-order valence-corrected chi connectivity index (χ2v) is 5.82. The molecule has 2 aromatic rings. The van der Waals surface area contributed by atoms with Gasteiger partial charge < -0.3 is 9.84 Å². The van der Waals surface area contributed by atoms with E-state index in [1.54, 1.807) is 6.26 Å². The summed E-state index contributed by atoms with van der Waals surface area (Å²) in [6.45, 7) is 0.720. The first-order chi connectivity index (χ1) is 8.83. The zero-order valence-electron chi connectivity index (χ0n) is 9.73. The topological polar surface area (TPSA) is 38.1 Å². The lowest BCUT2D eigenvalue weighted by Crippen LogP contribution is -2.24. The second-order valence-electron chi connectivity index (χ2n) is 4.24. The molecule has 1 aromatic carbocycles. The van der Waals surface area contributed by atoms with Crippen molar-refractivity contribution in [3.63, 3.8) is 0 Å². The van der Waals surface area contributed by atoms with Gasteiger partial charge in [0, 0.05) is 28.6 Å². The number of halogens is 1. The lowest BCUT2D eigenvalue weighted by atomic mass is 10.0. The van der Waals surface area contributed by atoms with E-state index in [2.05, 4.69) is 22.6 Å². The predicted molar refractivity (Wildman–Crippen MR) is 72.9 cm³/mol. The standard InChI is InChI=1S/C13H13ClN2OS/c14-9-1-2-13-11(7-9)12(4-6-18-13)15-8-10-3-5-17-16-10/h1-3,5,7,12,15H,4,6,8H2. The van der Waals surface area contributed by atoms with E-state index in [0.29, 0.717) is 6.04 Å². The summed E-state index contributed by atoms with van der Waals surface area (Å²) in [6.07, 6.45) is 2.70. The van der Waals surface area contributed by atoms with Crippen molar-refractivity contribution in [2.75, 3.05) is 5.75 Å². The zero-order chi connectivity index (χ0) is 12.4. The molecule has 3 nitrogen and oxygen atoms in total. The van der Waals surface area contributed by atoms with Gasteiger partial charge in [-0.1, -0.05) is 16.8 Å². The highest BCUT2D eigenvalue weighted by Crippen LogP contribution is 2.37. The lowest BCUT2D eigenvalue weighted by molar-refractivity contribution is 0.403. The summed E-state index contributed by atoms with van der Waals surface area (Å²) >= 11 is 7.97. The Balaban J connectivity index is 1.76. The van der Waals surface area contributed by atoms with Gasteiger partial charge in [-0.05, 0) is 35.9 Å². The predicted octanol–water partition coefficient (Wildman–Crippen LogP) is 3.65. The smallest absolute Gasteiger partial charge is 0.124 e. The van der Waals surface area contributed by atoms with E-state index >= 15 is 0 Å². The molecule has 1 N–H and O–H groups in total. The lowest BCUT2D eigenvalue weighted by Gasteiger charge is -2.26. The van der Waals surface area contributed by atoms with Crippen LogP contribution in [0.5, 0.6) is 0 Å². The Hall–Kier alpha value is -0.970. The number of hydrogen-bond donors (Lipinski definition) is 1. The van der Waals surface area contributed by atoms with Crippen LogP contribution in [0, 0.1) is 0 Å². The zero-order valence-corrected chi connectivity index (χ0v) is 11.3. The molecular weight excluding hydrogens is 268 g/mol. The average molecular weight is 281 g/mol. The van der Waals surface area contributed by atoms with Crippen LogP contribution in [0.15, 0.2) is 39.9 Å². The third-order valence-corrected chi connectivity index (χ3v) is 4.39. The molecule has 18 heavy (non-hydrogen) atoms. The fraction of sp³-hybridized carbons (Fsp3) is 0.308. The van der Waals surface area contributed by atoms with Crippen molar-refractivity contribution in [2.45, 2.75) is 23.9 Å². The van der Waals surface area contributed by atoms with Gasteiger partial charge in [0.05, 0.1) is 5.69 Å². The molecule has 1 aliphatic heterocycles. The van der Waals surface area contributed by atoms with Crippen LogP contribution in [0.25, 0.3) is 0 Å². The van der Waals surface area contributed by atoms with Gasteiger partial charge in [0.1, 0.15) is 6.26 Å². The van der Waals surface area contributed by atoms with Crippen LogP contribution in [-0.4, -0.2) is 10.9 Å². The van der Waals surface area contributed by atoms with Crippen LogP contribution in [0.3, 0.4) is 0 Å². The van der Waals surface area contributed by atoms with E-state index in [1.807, 2.05) is 23.9 Å². The molecule has 0 radical (unpaired) electrons. The molecule has 1 unspecified atom stereocenters. The highest BCUT2D eigenvalue weighted by Gasteiger charge is 2.20. The Morgan fingerprint density at radius 3 is 3.22 bits per heavy atom. The van der Waals surface area contributed by atoms with Gasteiger partial charge in [0.25, 0.3) is 0 Å². The maximum atomic E-state index is 6.08. The molecule has 1 aliphatic rings. The van der Waals surface area contributed by atoms with Crippen LogP contribution in [-0.2, 0) is 6.54 Å². The van der Waals surface area contributed by atoms with E-state index in [1.165, 1.54) is 10.5 Å². The van der Waals surface area contributed by atoms with Crippen LogP contribution >= 0.6 is 23.4 Å². The van der Waals surface area contributed by atoms with Crippen molar-refractivity contribution in [2.24, 2.45) is 0 Å². The van der Waals surface area contributed by atoms with Crippen molar-refractivity contribution in [1.29, 1.82) is 0 Å². The highest BCUT2D eigenvalue weighted by molar-refractivity contribution is 7.99. The quantitative estimate of drug-likeness (QED) is 0.931. The molecule has 0 spiro atoms. The molecule has 1 aromatic heterocycles. The van der Waals surface area contributed by atoms with E-state index < -0.39 is 0 Å². The van der Waals surface area contributed by atoms with Crippen LogP contribution in [0.4, 0.5) is 0 Å². The largest absolute Gasteiger partial charge is 0.364 e. The van der Waals surface area contributed by atoms with E-state index in [-0.39, 0.29) is 0 Å². The van der Waals surface area contributed by atoms with Gasteiger partial charge >= 0.3 is 0 Å². The summed E-state index contributed by atoms with van der Waals surface area (Å²) in [4.78, 5) is 1.32. The summed E-state index contributed by atoms with van der Waals surface area (Å²) in [7, 11) is 0. The number of benzene rings is 1. The number of thioether (sulfide) groups is 1. The second kappa shape index (κ2) is 5.34. The molecule has 0 amide bonds. The maximum Gasteiger partial charge on any atom is 0.124 e. The molecule has 3 rings (SSSR count). The first-order valence-corrected chi connectivity index (χ1v) is 7.24. The highest BCUT2D eigenvalue weighted by atomic mass is 35.5. The number of hydrogen-bond acceptors (Lipinski definition) is 4. The van der Waals surface area contributed by atoms with Gasteiger partial charge in [0.2, 0.25) is 0 Å². The molecule has 0 saturated carbocycles. The van der Waals surface area contributed by atoms with E-state index in [4.69, 9.17) is 16.1 Å². The summed E-state index contributed by atoms with van der Waals surface area (Å²) < 4.78 is 4.83. The Morgan fingerprint density at radius 1 is 1.44 bits per heavy atom. The van der Waals surface area contributed by atoms with Crippen LogP contribution in [0.1, 0.15) is 23.7 Å². The van der Waals surface area contributed by atoms with E-state index in [9.17, 15) is 0 Å². The van der Waals surface area contributed by atoms with Crippen molar-refractivity contribution in [1.82, 2.24) is 10.5 Å². The van der Waals surface area contributed by atoms with Gasteiger partial charge in [-0.15, -0.1) is 11.8 Å². The maximum absolute atomic E-state index is 6.08. The minimum atomic E-state index is 0.344. The summed E-state index contributed by atoms with van der Waals surface area (Å²) in [5.74, 6) is 1.13. The SMILES string of the molecule is Clc1ccc2c(c1)C(NCc1ccon1)CCS2. The first-order valence-electron chi connectivity index (χ1n) is 5.88. The van der Waals surface area contributed by atoms with Gasteiger partial charge in [0.15, 0.2) is 0 Å². The van der Waals surface area contributed by atoms with Crippen molar-refractivity contribution >= 4 is 23.4 Å². The molecule has 94 valence electrons. The number of rotatable bonds is 3. The summed E-state index contributed by atoms with van der Waals surface area (Å²) in [5.41, 5.74) is 2.22. The third-order valence-electron chi connectivity index (χ3n) is 3.03. The summed E-state index contributed by atoms with van der Waals surface area (Å²) in [6, 6.07) is 8.34. The van der Waals surface area contributed by atoms with Gasteiger partial charge in [-0.25, -0.2) is 0 Å². The minimum Gasteiger partial charge on any atom is -0.364 e. The van der Waals surface area contributed by atoms with Crippen molar-refractivity contribution in [3.8, 4) is 0 Å². The number of nitrogens with one attached hydrogen (secondary N) is 1. The van der Waals surface area contributed by atoms with Crippen molar-refractivity contribution < 1.29 is 4.52 Å². The summed E-state index contributed by atoms with van der Waals surface area (Å²) in [5, 5.41) is 8.21. The Morgan fingerprint density at radius 2 is 2.39 bits per heavy atom.